The summed E-state index contributed by atoms with van der Waals surface area (Å²) in [6, 6.07) is 35.7. The van der Waals surface area contributed by atoms with Gasteiger partial charge in [-0.2, -0.15) is 21.0 Å². The van der Waals surface area contributed by atoms with Gasteiger partial charge in [0.1, 0.15) is 29.8 Å². The van der Waals surface area contributed by atoms with E-state index in [2.05, 4.69) is 6.04 Å². The number of hydrogen-bond acceptors (Lipinski definition) is 6. The average molecular weight is 436 g/mol. The maximum absolute atomic E-state index is 9.59. The predicted molar refractivity (Wildman–Crippen MR) is 130 cm³/mol. The van der Waals surface area contributed by atoms with E-state index in [0.717, 1.165) is 11.4 Å². The predicted octanol–water partition coefficient (Wildman–Crippen LogP) is 5.83. The van der Waals surface area contributed by atoms with Crippen molar-refractivity contribution in [3.63, 3.8) is 0 Å². The van der Waals surface area contributed by atoms with Gasteiger partial charge in [-0.15, -0.1) is 0 Å². The van der Waals surface area contributed by atoms with Crippen molar-refractivity contribution in [3.8, 4) is 36.7 Å². The number of rotatable bonds is 6. The van der Waals surface area contributed by atoms with Gasteiger partial charge in [0.15, 0.2) is 5.57 Å². The third kappa shape index (κ3) is 4.94. The number of nitriles is 4. The van der Waals surface area contributed by atoms with Crippen molar-refractivity contribution in [2.24, 2.45) is 0 Å². The second-order valence-electron chi connectivity index (χ2n) is 6.75. The standard InChI is InChI=1S/C28H16N6/c1-2-33(24-9-5-3-6-10-24)25-13-15-27(16-14-25)34(26-11-7-4-8-12-26)28(23(20-31)21-32)17-22(18-29)19-30/h1,3-17H. The Labute approximate surface area is 198 Å². The molecule has 0 spiro atoms. The minimum absolute atomic E-state index is 0.110. The average Bonchev–Trinajstić information content (AvgIpc) is 2.90. The van der Waals surface area contributed by atoms with Gasteiger partial charge in [-0.25, -0.2) is 0 Å². The van der Waals surface area contributed by atoms with E-state index in [1.165, 1.54) is 6.08 Å². The molecule has 0 heterocycles. The number of anilines is 4. The van der Waals surface area contributed by atoms with Crippen molar-refractivity contribution in [1.82, 2.24) is 0 Å². The smallest absolute Gasteiger partial charge is 0.153 e. The van der Waals surface area contributed by atoms with Crippen LogP contribution in [0.3, 0.4) is 0 Å². The molecule has 0 fully saturated rings. The molecule has 3 aromatic rings. The molecule has 6 nitrogen and oxygen atoms in total. The lowest BCUT2D eigenvalue weighted by atomic mass is 10.1. The summed E-state index contributed by atoms with van der Waals surface area (Å²) in [4.78, 5) is 3.33. The van der Waals surface area contributed by atoms with E-state index in [-0.39, 0.29) is 16.8 Å². The summed E-state index contributed by atoms with van der Waals surface area (Å²) in [5.41, 5.74) is 2.43. The van der Waals surface area contributed by atoms with E-state index in [1.54, 1.807) is 58.3 Å². The van der Waals surface area contributed by atoms with Gasteiger partial charge < -0.3 is 4.90 Å². The molecular formula is C28H16N6. The summed E-state index contributed by atoms with van der Waals surface area (Å²) in [6.45, 7) is 0. The Morgan fingerprint density at radius 1 is 0.618 bits per heavy atom. The van der Waals surface area contributed by atoms with Crippen LogP contribution >= 0.6 is 0 Å². The van der Waals surface area contributed by atoms with Crippen molar-refractivity contribution in [2.75, 3.05) is 9.80 Å². The van der Waals surface area contributed by atoms with E-state index in [0.29, 0.717) is 11.4 Å². The first-order valence-corrected chi connectivity index (χ1v) is 9.99. The van der Waals surface area contributed by atoms with Gasteiger partial charge in [0.2, 0.25) is 0 Å². The molecule has 0 saturated heterocycles. The molecule has 0 bridgehead atoms. The summed E-state index contributed by atoms with van der Waals surface area (Å²) in [6.07, 6.45) is 6.99. The van der Waals surface area contributed by atoms with E-state index in [1.807, 2.05) is 60.7 Å². The molecule has 0 aromatic heterocycles. The first-order chi connectivity index (χ1) is 16.7. The molecule has 3 rings (SSSR count). The molecule has 0 aliphatic carbocycles. The molecule has 6 heteroatoms. The summed E-state index contributed by atoms with van der Waals surface area (Å²) in [7, 11) is 0. The second kappa shape index (κ2) is 11.0. The molecule has 0 radical (unpaired) electrons. The minimum atomic E-state index is -0.245. The number of nitrogens with zero attached hydrogens (tertiary/aromatic N) is 6. The highest BCUT2D eigenvalue weighted by Crippen LogP contribution is 2.34. The van der Waals surface area contributed by atoms with Crippen LogP contribution in [0.4, 0.5) is 22.7 Å². The van der Waals surface area contributed by atoms with Crippen molar-refractivity contribution in [2.45, 2.75) is 0 Å². The SMILES string of the molecule is C#CN(c1ccccc1)c1ccc(N(C(C=C(C#N)C#N)=C(C#N)C#N)c2ccccc2)cc1. The Hall–Kier alpha value is -5.74. The van der Waals surface area contributed by atoms with Gasteiger partial charge in [0.25, 0.3) is 0 Å². The fraction of sp³-hybridized carbons (Fsp3) is 0. The fourth-order valence-electron chi connectivity index (χ4n) is 3.24. The third-order valence-corrected chi connectivity index (χ3v) is 4.77. The lowest BCUT2D eigenvalue weighted by molar-refractivity contribution is 1.18. The lowest BCUT2D eigenvalue weighted by Gasteiger charge is -2.27. The molecule has 0 amide bonds. The van der Waals surface area contributed by atoms with Crippen LogP contribution in [-0.4, -0.2) is 0 Å². The van der Waals surface area contributed by atoms with Crippen LogP contribution in [0.15, 0.2) is 108 Å². The summed E-state index contributed by atoms with van der Waals surface area (Å²) in [5, 5.41) is 37.8. The molecule has 158 valence electrons. The fourth-order valence-corrected chi connectivity index (χ4v) is 3.24. The molecule has 0 aliphatic rings. The van der Waals surface area contributed by atoms with Crippen LogP contribution in [0.1, 0.15) is 0 Å². The summed E-state index contributed by atoms with van der Waals surface area (Å²) >= 11 is 0. The van der Waals surface area contributed by atoms with Crippen LogP contribution in [0.5, 0.6) is 0 Å². The zero-order chi connectivity index (χ0) is 24.3. The molecular weight excluding hydrogens is 420 g/mol. The Balaban J connectivity index is 2.19. The quantitative estimate of drug-likeness (QED) is 0.209. The largest absolute Gasteiger partial charge is 0.308 e. The number of para-hydroxylation sites is 2. The van der Waals surface area contributed by atoms with E-state index < -0.39 is 0 Å². The third-order valence-electron chi connectivity index (χ3n) is 4.77. The zero-order valence-corrected chi connectivity index (χ0v) is 17.9. The van der Waals surface area contributed by atoms with E-state index in [9.17, 15) is 21.0 Å². The Kier molecular flexibility index (Phi) is 7.45. The molecule has 34 heavy (non-hydrogen) atoms. The van der Waals surface area contributed by atoms with Crippen molar-refractivity contribution in [3.05, 3.63) is 108 Å². The molecule has 0 aliphatic heterocycles. The molecule has 0 unspecified atom stereocenters. The maximum Gasteiger partial charge on any atom is 0.153 e. The number of hydrogen-bond donors (Lipinski definition) is 0. The normalized spacial score (nSPS) is 9.03. The van der Waals surface area contributed by atoms with Gasteiger partial charge in [-0.1, -0.05) is 42.8 Å². The molecule has 0 atom stereocenters. The Morgan fingerprint density at radius 2 is 1.06 bits per heavy atom. The van der Waals surface area contributed by atoms with Crippen molar-refractivity contribution < 1.29 is 0 Å². The monoisotopic (exact) mass is 436 g/mol. The summed E-state index contributed by atoms with van der Waals surface area (Å²) in [5.74, 6) is 0. The lowest BCUT2D eigenvalue weighted by Crippen LogP contribution is -2.17. The van der Waals surface area contributed by atoms with Gasteiger partial charge in [0, 0.05) is 17.4 Å². The number of benzene rings is 3. The van der Waals surface area contributed by atoms with Gasteiger partial charge in [0.05, 0.1) is 17.1 Å². The van der Waals surface area contributed by atoms with Crippen LogP contribution in [0.25, 0.3) is 0 Å². The number of terminal acetylenes is 1. The maximum atomic E-state index is 9.59. The molecule has 0 saturated carbocycles. The van der Waals surface area contributed by atoms with Crippen molar-refractivity contribution in [1.29, 1.82) is 21.0 Å². The van der Waals surface area contributed by atoms with E-state index in [4.69, 9.17) is 6.42 Å². The number of allylic oxidation sites excluding steroid dienone is 3. The minimum Gasteiger partial charge on any atom is -0.308 e. The first-order valence-electron chi connectivity index (χ1n) is 9.99. The van der Waals surface area contributed by atoms with Gasteiger partial charge in [-0.3, -0.25) is 4.90 Å². The van der Waals surface area contributed by atoms with E-state index >= 15 is 0 Å². The van der Waals surface area contributed by atoms with Crippen LogP contribution < -0.4 is 9.80 Å². The first kappa shape index (κ1) is 22.9. The summed E-state index contributed by atoms with van der Waals surface area (Å²) < 4.78 is 0. The van der Waals surface area contributed by atoms with Gasteiger partial charge in [-0.05, 0) is 54.6 Å². The topological polar surface area (TPSA) is 102 Å². The zero-order valence-electron chi connectivity index (χ0n) is 17.9. The second-order valence-corrected chi connectivity index (χ2v) is 6.75. The Bertz CT molecular complexity index is 1400. The highest BCUT2D eigenvalue weighted by Gasteiger charge is 2.19. The highest BCUT2D eigenvalue weighted by molar-refractivity contribution is 5.76. The van der Waals surface area contributed by atoms with Crippen LogP contribution in [0, 0.1) is 57.8 Å². The van der Waals surface area contributed by atoms with Crippen LogP contribution in [-0.2, 0) is 0 Å². The van der Waals surface area contributed by atoms with Crippen molar-refractivity contribution >= 4 is 22.7 Å². The highest BCUT2D eigenvalue weighted by atomic mass is 15.2. The van der Waals surface area contributed by atoms with Crippen LogP contribution in [0.2, 0.25) is 0 Å². The molecule has 0 N–H and O–H groups in total. The van der Waals surface area contributed by atoms with Gasteiger partial charge >= 0.3 is 0 Å². The molecule has 3 aromatic carbocycles. The Morgan fingerprint density at radius 3 is 1.53 bits per heavy atom.